The molecule has 116 valence electrons. The van der Waals surface area contributed by atoms with E-state index in [1.165, 1.54) is 0 Å². The van der Waals surface area contributed by atoms with E-state index in [9.17, 15) is 0 Å². The zero-order chi connectivity index (χ0) is 16.2. The van der Waals surface area contributed by atoms with E-state index in [0.717, 1.165) is 5.69 Å². The van der Waals surface area contributed by atoms with Crippen LogP contribution in [0.2, 0.25) is 15.1 Å². The zero-order valence-corrected chi connectivity index (χ0v) is 14.0. The summed E-state index contributed by atoms with van der Waals surface area (Å²) in [6.45, 7) is 0. The maximum atomic E-state index is 6.16. The van der Waals surface area contributed by atoms with Gasteiger partial charge in [-0.05, 0) is 36.4 Å². The second-order valence-corrected chi connectivity index (χ2v) is 5.85. The lowest BCUT2D eigenvalue weighted by Crippen LogP contribution is -2.00. The Hall–Kier alpha value is -2.01. The molecule has 4 nitrogen and oxygen atoms in total. The Morgan fingerprint density at radius 1 is 0.870 bits per heavy atom. The Labute approximate surface area is 148 Å². The topological polar surface area (TPSA) is 49.8 Å². The fourth-order valence-corrected chi connectivity index (χ4v) is 2.46. The van der Waals surface area contributed by atoms with Gasteiger partial charge < -0.3 is 10.6 Å². The van der Waals surface area contributed by atoms with Gasteiger partial charge in [-0.15, -0.1) is 0 Å². The highest BCUT2D eigenvalue weighted by Gasteiger charge is 2.06. The molecule has 2 N–H and O–H groups in total. The maximum Gasteiger partial charge on any atom is 0.229 e. The average Bonchev–Trinajstić information content (AvgIpc) is 2.52. The fraction of sp³-hybridized carbons (Fsp3) is 0. The van der Waals surface area contributed by atoms with Crippen LogP contribution in [0.5, 0.6) is 0 Å². The highest BCUT2D eigenvalue weighted by molar-refractivity contribution is 6.43. The summed E-state index contributed by atoms with van der Waals surface area (Å²) in [5, 5.41) is 7.76. The Morgan fingerprint density at radius 3 is 2.52 bits per heavy atom. The van der Waals surface area contributed by atoms with Crippen molar-refractivity contribution >= 4 is 57.9 Å². The van der Waals surface area contributed by atoms with Crippen molar-refractivity contribution in [2.45, 2.75) is 0 Å². The predicted molar refractivity (Wildman–Crippen MR) is 96.5 cm³/mol. The molecule has 0 aliphatic heterocycles. The van der Waals surface area contributed by atoms with E-state index >= 15 is 0 Å². The molecule has 0 spiro atoms. The van der Waals surface area contributed by atoms with Crippen molar-refractivity contribution in [2.24, 2.45) is 0 Å². The lowest BCUT2D eigenvalue weighted by molar-refractivity contribution is 1.17. The summed E-state index contributed by atoms with van der Waals surface area (Å²) >= 11 is 18.1. The first-order valence-corrected chi connectivity index (χ1v) is 7.82. The van der Waals surface area contributed by atoms with Crippen LogP contribution in [0.3, 0.4) is 0 Å². The third-order valence-corrected chi connectivity index (χ3v) is 4.00. The first-order chi connectivity index (χ1) is 11.1. The van der Waals surface area contributed by atoms with Gasteiger partial charge in [0, 0.05) is 16.9 Å². The summed E-state index contributed by atoms with van der Waals surface area (Å²) in [7, 11) is 0. The SMILES string of the molecule is Clc1cccc(Nc2nccc(Nc3cccc(Cl)c3Cl)n2)c1. The molecule has 2 aromatic carbocycles. The lowest BCUT2D eigenvalue weighted by Gasteiger charge is -2.10. The molecular weight excluding hydrogens is 355 g/mol. The zero-order valence-electron chi connectivity index (χ0n) is 11.7. The molecule has 0 atom stereocenters. The van der Waals surface area contributed by atoms with E-state index in [0.29, 0.717) is 32.5 Å². The maximum absolute atomic E-state index is 6.16. The van der Waals surface area contributed by atoms with Crippen LogP contribution in [0.1, 0.15) is 0 Å². The first kappa shape index (κ1) is 15.9. The Kier molecular flexibility index (Phi) is 4.86. The van der Waals surface area contributed by atoms with Gasteiger partial charge in [-0.3, -0.25) is 0 Å². The predicted octanol–water partition coefficient (Wildman–Crippen LogP) is 5.92. The van der Waals surface area contributed by atoms with Crippen LogP contribution in [0.15, 0.2) is 54.7 Å². The standard InChI is InChI=1S/C16H11Cl3N4/c17-10-3-1-4-11(9-10)21-16-20-8-7-14(23-16)22-13-6-2-5-12(18)15(13)19/h1-9H,(H2,20,21,22,23). The van der Waals surface area contributed by atoms with Crippen LogP contribution in [-0.2, 0) is 0 Å². The number of rotatable bonds is 4. The van der Waals surface area contributed by atoms with Crippen LogP contribution in [-0.4, -0.2) is 9.97 Å². The molecule has 23 heavy (non-hydrogen) atoms. The molecule has 0 amide bonds. The molecule has 0 aliphatic rings. The summed E-state index contributed by atoms with van der Waals surface area (Å²) in [6, 6.07) is 14.4. The van der Waals surface area contributed by atoms with Crippen molar-refractivity contribution in [3.63, 3.8) is 0 Å². The highest BCUT2D eigenvalue weighted by atomic mass is 35.5. The van der Waals surface area contributed by atoms with Gasteiger partial charge in [-0.1, -0.05) is 46.9 Å². The van der Waals surface area contributed by atoms with Crippen LogP contribution >= 0.6 is 34.8 Å². The van der Waals surface area contributed by atoms with Gasteiger partial charge in [0.25, 0.3) is 0 Å². The Balaban J connectivity index is 1.81. The summed E-state index contributed by atoms with van der Waals surface area (Å²) in [5.74, 6) is 1.03. The molecule has 3 aromatic rings. The number of nitrogens with zero attached hydrogens (tertiary/aromatic N) is 2. The van der Waals surface area contributed by atoms with Gasteiger partial charge in [0.15, 0.2) is 0 Å². The molecule has 7 heteroatoms. The van der Waals surface area contributed by atoms with Gasteiger partial charge in [-0.25, -0.2) is 4.98 Å². The van der Waals surface area contributed by atoms with Crippen LogP contribution in [0.4, 0.5) is 23.1 Å². The molecule has 0 saturated carbocycles. The third-order valence-electron chi connectivity index (χ3n) is 2.95. The molecule has 3 rings (SSSR count). The van der Waals surface area contributed by atoms with E-state index < -0.39 is 0 Å². The number of anilines is 4. The van der Waals surface area contributed by atoms with E-state index in [-0.39, 0.29) is 0 Å². The second-order valence-electron chi connectivity index (χ2n) is 4.63. The van der Waals surface area contributed by atoms with Crippen molar-refractivity contribution in [1.82, 2.24) is 9.97 Å². The normalized spacial score (nSPS) is 10.4. The molecule has 0 unspecified atom stereocenters. The van der Waals surface area contributed by atoms with Gasteiger partial charge in [-0.2, -0.15) is 4.98 Å². The van der Waals surface area contributed by atoms with E-state index in [2.05, 4.69) is 20.6 Å². The Morgan fingerprint density at radius 2 is 1.70 bits per heavy atom. The molecule has 1 aromatic heterocycles. The molecule has 0 saturated heterocycles. The molecule has 0 bridgehead atoms. The summed E-state index contributed by atoms with van der Waals surface area (Å²) in [5.41, 5.74) is 1.47. The van der Waals surface area contributed by atoms with Crippen molar-refractivity contribution < 1.29 is 0 Å². The summed E-state index contributed by atoms with van der Waals surface area (Å²) in [6.07, 6.45) is 1.64. The van der Waals surface area contributed by atoms with Gasteiger partial charge >= 0.3 is 0 Å². The summed E-state index contributed by atoms with van der Waals surface area (Å²) < 4.78 is 0. The lowest BCUT2D eigenvalue weighted by atomic mass is 10.3. The molecular formula is C16H11Cl3N4. The van der Waals surface area contributed by atoms with E-state index in [1.807, 2.05) is 24.3 Å². The van der Waals surface area contributed by atoms with Crippen molar-refractivity contribution in [3.8, 4) is 0 Å². The second kappa shape index (κ2) is 7.04. The molecule has 0 radical (unpaired) electrons. The van der Waals surface area contributed by atoms with Crippen LogP contribution in [0, 0.1) is 0 Å². The minimum Gasteiger partial charge on any atom is -0.339 e. The largest absolute Gasteiger partial charge is 0.339 e. The number of aromatic nitrogens is 2. The van der Waals surface area contributed by atoms with Crippen LogP contribution in [0.25, 0.3) is 0 Å². The van der Waals surface area contributed by atoms with Gasteiger partial charge in [0.2, 0.25) is 5.95 Å². The van der Waals surface area contributed by atoms with Crippen molar-refractivity contribution in [1.29, 1.82) is 0 Å². The quantitative estimate of drug-likeness (QED) is 0.602. The van der Waals surface area contributed by atoms with Crippen molar-refractivity contribution in [3.05, 3.63) is 69.8 Å². The van der Waals surface area contributed by atoms with E-state index in [1.54, 1.807) is 30.5 Å². The number of nitrogens with one attached hydrogen (secondary N) is 2. The number of hydrogen-bond donors (Lipinski definition) is 2. The smallest absolute Gasteiger partial charge is 0.229 e. The monoisotopic (exact) mass is 364 g/mol. The van der Waals surface area contributed by atoms with Gasteiger partial charge in [0.05, 0.1) is 15.7 Å². The summed E-state index contributed by atoms with van der Waals surface area (Å²) in [4.78, 5) is 8.57. The number of halogens is 3. The van der Waals surface area contributed by atoms with Crippen LogP contribution < -0.4 is 10.6 Å². The first-order valence-electron chi connectivity index (χ1n) is 6.68. The van der Waals surface area contributed by atoms with Crippen molar-refractivity contribution in [2.75, 3.05) is 10.6 Å². The molecule has 0 fully saturated rings. The third kappa shape index (κ3) is 4.05. The van der Waals surface area contributed by atoms with Gasteiger partial charge in [0.1, 0.15) is 5.82 Å². The minimum absolute atomic E-state index is 0.440. The minimum atomic E-state index is 0.440. The fourth-order valence-electron chi connectivity index (χ4n) is 1.92. The number of hydrogen-bond acceptors (Lipinski definition) is 4. The van der Waals surface area contributed by atoms with E-state index in [4.69, 9.17) is 34.8 Å². The number of benzene rings is 2. The average molecular weight is 366 g/mol. The molecule has 1 heterocycles. The Bertz CT molecular complexity index is 839. The molecule has 0 aliphatic carbocycles. The highest BCUT2D eigenvalue weighted by Crippen LogP contribution is 2.31.